The van der Waals surface area contributed by atoms with Crippen LogP contribution in [0.3, 0.4) is 0 Å². The first-order valence-corrected chi connectivity index (χ1v) is 4.46. The first-order valence-electron chi connectivity index (χ1n) is 4.46. The normalized spacial score (nSPS) is 24.9. The van der Waals surface area contributed by atoms with E-state index in [0.29, 0.717) is 6.29 Å². The third-order valence-corrected chi connectivity index (χ3v) is 2.09. The Morgan fingerprint density at radius 3 is 2.62 bits per heavy atom. The zero-order valence-electron chi connectivity index (χ0n) is 7.90. The highest BCUT2D eigenvalue weighted by molar-refractivity contribution is 5.64. The molecule has 1 aliphatic rings. The van der Waals surface area contributed by atoms with Gasteiger partial charge >= 0.3 is 6.18 Å². The van der Waals surface area contributed by atoms with Crippen molar-refractivity contribution < 1.29 is 27.1 Å². The van der Waals surface area contributed by atoms with Crippen LogP contribution in [0.2, 0.25) is 0 Å². The third-order valence-electron chi connectivity index (χ3n) is 2.09. The van der Waals surface area contributed by atoms with E-state index in [1.807, 2.05) is 0 Å². The van der Waals surface area contributed by atoms with Crippen molar-refractivity contribution in [1.82, 2.24) is 0 Å². The lowest BCUT2D eigenvalue weighted by Crippen LogP contribution is -2.02. The van der Waals surface area contributed by atoms with Crippen molar-refractivity contribution in [3.05, 3.63) is 35.8 Å². The van der Waals surface area contributed by atoms with Gasteiger partial charge in [-0.15, -0.1) is 0 Å². The molecule has 1 fully saturated rings. The van der Waals surface area contributed by atoms with Gasteiger partial charge in [0, 0.05) is 0 Å². The molecule has 1 saturated heterocycles. The molecule has 2 rings (SSSR count). The van der Waals surface area contributed by atoms with Crippen LogP contribution in [0.4, 0.5) is 13.2 Å². The summed E-state index contributed by atoms with van der Waals surface area (Å²) in [5.74, 6) is -0.927. The summed E-state index contributed by atoms with van der Waals surface area (Å²) in [6.45, 7) is 0. The SMILES string of the molecule is O=C/C=C/[C@H]1O[C@H]1c1ccc(C(F)(F)F)o1. The molecule has 2 atom stereocenters. The molecule has 1 aromatic rings. The van der Waals surface area contributed by atoms with Crippen molar-refractivity contribution in [1.29, 1.82) is 0 Å². The highest BCUT2D eigenvalue weighted by atomic mass is 19.4. The minimum Gasteiger partial charge on any atom is -0.454 e. The number of aldehydes is 1. The molecule has 1 aliphatic heterocycles. The highest BCUT2D eigenvalue weighted by Gasteiger charge is 2.43. The number of halogens is 3. The van der Waals surface area contributed by atoms with E-state index in [1.165, 1.54) is 18.2 Å². The lowest BCUT2D eigenvalue weighted by Gasteiger charge is -1.99. The fraction of sp³-hybridized carbons (Fsp3) is 0.300. The molecule has 0 spiro atoms. The number of rotatable bonds is 3. The van der Waals surface area contributed by atoms with E-state index in [4.69, 9.17) is 4.74 Å². The van der Waals surface area contributed by atoms with Crippen LogP contribution in [0.1, 0.15) is 17.6 Å². The Morgan fingerprint density at radius 2 is 2.06 bits per heavy atom. The van der Waals surface area contributed by atoms with Gasteiger partial charge in [-0.05, 0) is 24.3 Å². The van der Waals surface area contributed by atoms with E-state index in [-0.39, 0.29) is 11.9 Å². The summed E-state index contributed by atoms with van der Waals surface area (Å²) in [5, 5.41) is 0. The van der Waals surface area contributed by atoms with Crippen molar-refractivity contribution in [2.75, 3.05) is 0 Å². The van der Waals surface area contributed by atoms with Gasteiger partial charge in [0.05, 0.1) is 0 Å². The third kappa shape index (κ3) is 2.16. The summed E-state index contributed by atoms with van der Waals surface area (Å²) in [7, 11) is 0. The van der Waals surface area contributed by atoms with Gasteiger partial charge in [-0.25, -0.2) is 0 Å². The number of carbonyl (C=O) groups excluding carboxylic acids is 1. The van der Waals surface area contributed by atoms with Crippen LogP contribution in [-0.4, -0.2) is 12.4 Å². The van der Waals surface area contributed by atoms with E-state index >= 15 is 0 Å². The molecule has 0 amide bonds. The van der Waals surface area contributed by atoms with Crippen LogP contribution >= 0.6 is 0 Å². The largest absolute Gasteiger partial charge is 0.454 e. The molecular weight excluding hydrogens is 225 g/mol. The summed E-state index contributed by atoms with van der Waals surface area (Å²) in [5.41, 5.74) is 0. The van der Waals surface area contributed by atoms with Gasteiger partial charge in [-0.2, -0.15) is 13.2 Å². The van der Waals surface area contributed by atoms with Gasteiger partial charge in [0.25, 0.3) is 0 Å². The Hall–Kier alpha value is -1.56. The quantitative estimate of drug-likeness (QED) is 0.456. The maximum atomic E-state index is 12.2. The molecule has 0 radical (unpaired) electrons. The molecule has 0 aliphatic carbocycles. The van der Waals surface area contributed by atoms with Crippen LogP contribution < -0.4 is 0 Å². The van der Waals surface area contributed by atoms with Crippen molar-refractivity contribution >= 4 is 6.29 Å². The molecule has 2 heterocycles. The first-order chi connectivity index (χ1) is 7.52. The lowest BCUT2D eigenvalue weighted by molar-refractivity contribution is -0.153. The molecule has 0 unspecified atom stereocenters. The number of epoxide rings is 1. The number of hydrogen-bond donors (Lipinski definition) is 0. The van der Waals surface area contributed by atoms with Gasteiger partial charge in [0.2, 0.25) is 5.76 Å². The minimum atomic E-state index is -4.48. The fourth-order valence-electron chi connectivity index (χ4n) is 1.31. The molecule has 16 heavy (non-hydrogen) atoms. The smallest absolute Gasteiger partial charge is 0.449 e. The number of carbonyl (C=O) groups is 1. The molecule has 1 aromatic heterocycles. The fourth-order valence-corrected chi connectivity index (χ4v) is 1.31. The molecule has 86 valence electrons. The first kappa shape index (κ1) is 10.9. The number of ether oxygens (including phenoxy) is 1. The zero-order valence-corrected chi connectivity index (χ0v) is 7.90. The Balaban J connectivity index is 2.05. The molecule has 0 N–H and O–H groups in total. The average Bonchev–Trinajstić information content (AvgIpc) is 2.78. The topological polar surface area (TPSA) is 42.7 Å². The van der Waals surface area contributed by atoms with E-state index in [9.17, 15) is 18.0 Å². The predicted molar refractivity (Wildman–Crippen MR) is 46.5 cm³/mol. The number of allylic oxidation sites excluding steroid dienone is 1. The molecule has 6 heteroatoms. The molecule has 0 saturated carbocycles. The Morgan fingerprint density at radius 1 is 1.31 bits per heavy atom. The predicted octanol–water partition coefficient (Wildman–Crippen LogP) is 2.49. The van der Waals surface area contributed by atoms with E-state index < -0.39 is 18.0 Å². The highest BCUT2D eigenvalue weighted by Crippen LogP contribution is 2.42. The van der Waals surface area contributed by atoms with Gasteiger partial charge in [0.15, 0.2) is 0 Å². The molecule has 3 nitrogen and oxygen atoms in total. The van der Waals surface area contributed by atoms with Crippen molar-refractivity contribution in [2.45, 2.75) is 18.4 Å². The Kier molecular flexibility index (Phi) is 2.59. The molecule has 0 bridgehead atoms. The monoisotopic (exact) mass is 232 g/mol. The number of hydrogen-bond acceptors (Lipinski definition) is 3. The number of furan rings is 1. The van der Waals surface area contributed by atoms with E-state index in [1.54, 1.807) is 0 Å². The summed E-state index contributed by atoms with van der Waals surface area (Å²) in [6, 6.07) is 2.08. The summed E-state index contributed by atoms with van der Waals surface area (Å²) in [6.07, 6.45) is -2.11. The minimum absolute atomic E-state index is 0.118. The second kappa shape index (κ2) is 3.79. The summed E-state index contributed by atoms with van der Waals surface area (Å²) in [4.78, 5) is 10.0. The zero-order chi connectivity index (χ0) is 11.8. The maximum absolute atomic E-state index is 12.2. The summed E-state index contributed by atoms with van der Waals surface area (Å²) >= 11 is 0. The molecular formula is C10H7F3O3. The van der Waals surface area contributed by atoms with Crippen molar-refractivity contribution in [3.63, 3.8) is 0 Å². The Bertz CT molecular complexity index is 419. The van der Waals surface area contributed by atoms with Crippen LogP contribution in [0.15, 0.2) is 28.7 Å². The van der Waals surface area contributed by atoms with Crippen molar-refractivity contribution in [3.8, 4) is 0 Å². The standard InChI is InChI=1S/C10H7F3O3/c11-10(12,13)8-4-3-7(15-8)9-6(16-9)2-1-5-14/h1-6,9H/b2-1+/t6-,9-/m1/s1. The Labute approximate surface area is 88.5 Å². The molecule has 0 aromatic carbocycles. The van der Waals surface area contributed by atoms with Crippen LogP contribution in [0.5, 0.6) is 0 Å². The lowest BCUT2D eigenvalue weighted by atomic mass is 10.2. The van der Waals surface area contributed by atoms with Crippen LogP contribution in [0.25, 0.3) is 0 Å². The van der Waals surface area contributed by atoms with Crippen LogP contribution in [0, 0.1) is 0 Å². The van der Waals surface area contributed by atoms with E-state index in [2.05, 4.69) is 4.42 Å². The summed E-state index contributed by atoms with van der Waals surface area (Å²) < 4.78 is 46.2. The average molecular weight is 232 g/mol. The van der Waals surface area contributed by atoms with Gasteiger partial charge in [0.1, 0.15) is 24.3 Å². The second-order valence-corrected chi connectivity index (χ2v) is 3.24. The number of alkyl halides is 3. The van der Waals surface area contributed by atoms with Crippen molar-refractivity contribution in [2.24, 2.45) is 0 Å². The second-order valence-electron chi connectivity index (χ2n) is 3.24. The van der Waals surface area contributed by atoms with Gasteiger partial charge in [-0.1, -0.05) is 0 Å². The maximum Gasteiger partial charge on any atom is 0.449 e. The van der Waals surface area contributed by atoms with Gasteiger partial charge < -0.3 is 9.15 Å². The van der Waals surface area contributed by atoms with E-state index in [0.717, 1.165) is 6.07 Å². The van der Waals surface area contributed by atoms with Crippen LogP contribution in [-0.2, 0) is 15.7 Å². The van der Waals surface area contributed by atoms with Gasteiger partial charge in [-0.3, -0.25) is 4.79 Å².